The van der Waals surface area contributed by atoms with Crippen LogP contribution < -0.4 is 11.1 Å². The standard InChI is InChI=1S/C15H28N4O/c1-10(2)12(7-16)13-8-17-9-19(13)11(3)14(20)18-15(4,5)6/h8-12H,7,16H2,1-6H3,(H,18,20). The molecule has 3 N–H and O–H groups in total. The van der Waals surface area contributed by atoms with Gasteiger partial charge >= 0.3 is 0 Å². The molecular formula is C15H28N4O. The van der Waals surface area contributed by atoms with Crippen molar-refractivity contribution in [2.45, 2.75) is 59.0 Å². The summed E-state index contributed by atoms with van der Waals surface area (Å²) in [5.41, 5.74) is 6.66. The Hall–Kier alpha value is -1.36. The molecule has 0 radical (unpaired) electrons. The number of nitrogens with two attached hydrogens (primary N) is 1. The number of amides is 1. The number of carbonyl (C=O) groups excluding carboxylic acids is 1. The SMILES string of the molecule is CC(C)C(CN)c1cncn1C(C)C(=O)NC(C)(C)C. The predicted molar refractivity (Wildman–Crippen MR) is 81.5 cm³/mol. The Kier molecular flexibility index (Phi) is 5.34. The number of hydrogen-bond acceptors (Lipinski definition) is 3. The van der Waals surface area contributed by atoms with E-state index in [-0.39, 0.29) is 23.4 Å². The molecule has 0 fully saturated rings. The van der Waals surface area contributed by atoms with Crippen molar-refractivity contribution in [3.8, 4) is 0 Å². The van der Waals surface area contributed by atoms with Gasteiger partial charge in [-0.2, -0.15) is 0 Å². The lowest BCUT2D eigenvalue weighted by Crippen LogP contribution is -2.44. The second kappa shape index (κ2) is 6.39. The molecule has 0 aliphatic carbocycles. The fourth-order valence-corrected chi connectivity index (χ4v) is 2.26. The van der Waals surface area contributed by atoms with Gasteiger partial charge in [0, 0.05) is 29.9 Å². The van der Waals surface area contributed by atoms with Crippen LogP contribution in [0.25, 0.3) is 0 Å². The third-order valence-electron chi connectivity index (χ3n) is 3.43. The van der Waals surface area contributed by atoms with Crippen molar-refractivity contribution in [1.29, 1.82) is 0 Å². The smallest absolute Gasteiger partial charge is 0.243 e. The number of rotatable bonds is 5. The summed E-state index contributed by atoms with van der Waals surface area (Å²) in [6.07, 6.45) is 3.53. The fourth-order valence-electron chi connectivity index (χ4n) is 2.26. The Balaban J connectivity index is 2.98. The van der Waals surface area contributed by atoms with Crippen LogP contribution in [0.4, 0.5) is 0 Å². The van der Waals surface area contributed by atoms with Crippen LogP contribution in [0.1, 0.15) is 59.2 Å². The molecule has 20 heavy (non-hydrogen) atoms. The highest BCUT2D eigenvalue weighted by Gasteiger charge is 2.25. The van der Waals surface area contributed by atoms with Gasteiger partial charge in [0.15, 0.2) is 0 Å². The second-order valence-corrected chi connectivity index (χ2v) is 6.73. The van der Waals surface area contributed by atoms with Crippen molar-refractivity contribution in [1.82, 2.24) is 14.9 Å². The van der Waals surface area contributed by atoms with E-state index >= 15 is 0 Å². The summed E-state index contributed by atoms with van der Waals surface area (Å²) in [6, 6.07) is -0.292. The van der Waals surface area contributed by atoms with E-state index in [2.05, 4.69) is 24.1 Å². The van der Waals surface area contributed by atoms with Gasteiger partial charge in [0.25, 0.3) is 0 Å². The molecule has 114 valence electrons. The molecule has 0 saturated heterocycles. The number of nitrogens with zero attached hydrogens (tertiary/aromatic N) is 2. The predicted octanol–water partition coefficient (Wildman–Crippen LogP) is 2.06. The van der Waals surface area contributed by atoms with Gasteiger partial charge in [-0.25, -0.2) is 4.98 Å². The molecule has 1 heterocycles. The first-order chi connectivity index (χ1) is 9.17. The van der Waals surface area contributed by atoms with Crippen LogP contribution in [0.15, 0.2) is 12.5 Å². The van der Waals surface area contributed by atoms with E-state index in [1.54, 1.807) is 6.33 Å². The number of carbonyl (C=O) groups is 1. The van der Waals surface area contributed by atoms with Gasteiger partial charge in [0.2, 0.25) is 5.91 Å². The Labute approximate surface area is 122 Å². The average Bonchev–Trinajstić information content (AvgIpc) is 2.75. The summed E-state index contributed by atoms with van der Waals surface area (Å²) in [4.78, 5) is 16.5. The number of nitrogens with one attached hydrogen (secondary N) is 1. The average molecular weight is 280 g/mol. The Morgan fingerprint density at radius 1 is 1.40 bits per heavy atom. The van der Waals surface area contributed by atoms with Gasteiger partial charge < -0.3 is 15.6 Å². The number of hydrogen-bond donors (Lipinski definition) is 2. The zero-order valence-electron chi connectivity index (χ0n) is 13.5. The Bertz CT molecular complexity index is 445. The summed E-state index contributed by atoms with van der Waals surface area (Å²) in [7, 11) is 0. The van der Waals surface area contributed by atoms with Gasteiger partial charge in [-0.05, 0) is 33.6 Å². The molecule has 0 aliphatic heterocycles. The quantitative estimate of drug-likeness (QED) is 0.867. The molecule has 1 aromatic heterocycles. The van der Waals surface area contributed by atoms with Gasteiger partial charge in [0.05, 0.1) is 6.33 Å². The first kappa shape index (κ1) is 16.7. The monoisotopic (exact) mass is 280 g/mol. The van der Waals surface area contributed by atoms with Crippen molar-refractivity contribution in [2.75, 3.05) is 6.54 Å². The first-order valence-electron chi connectivity index (χ1n) is 7.21. The molecule has 1 rings (SSSR count). The Morgan fingerprint density at radius 2 is 2.00 bits per heavy atom. The topological polar surface area (TPSA) is 72.9 Å². The minimum atomic E-state index is -0.292. The van der Waals surface area contributed by atoms with Gasteiger partial charge in [-0.1, -0.05) is 13.8 Å². The summed E-state index contributed by atoms with van der Waals surface area (Å²) in [5.74, 6) is 0.618. The minimum Gasteiger partial charge on any atom is -0.350 e. The molecule has 1 aromatic rings. The third kappa shape index (κ3) is 4.07. The highest BCUT2D eigenvalue weighted by molar-refractivity contribution is 5.80. The zero-order valence-corrected chi connectivity index (χ0v) is 13.5. The van der Waals surface area contributed by atoms with Crippen molar-refractivity contribution in [3.05, 3.63) is 18.2 Å². The van der Waals surface area contributed by atoms with E-state index in [0.29, 0.717) is 12.5 Å². The van der Waals surface area contributed by atoms with Crippen LogP contribution in [0.5, 0.6) is 0 Å². The lowest BCUT2D eigenvalue weighted by Gasteiger charge is -2.27. The lowest BCUT2D eigenvalue weighted by atomic mass is 9.92. The lowest BCUT2D eigenvalue weighted by molar-refractivity contribution is -0.125. The molecule has 0 spiro atoms. The molecule has 0 aliphatic rings. The maximum atomic E-state index is 12.3. The van der Waals surface area contributed by atoms with Gasteiger partial charge in [0.1, 0.15) is 6.04 Å². The van der Waals surface area contributed by atoms with Crippen LogP contribution in [0, 0.1) is 5.92 Å². The van der Waals surface area contributed by atoms with E-state index in [9.17, 15) is 4.79 Å². The first-order valence-corrected chi connectivity index (χ1v) is 7.21. The molecule has 0 bridgehead atoms. The summed E-state index contributed by atoms with van der Waals surface area (Å²) in [5, 5.41) is 3.00. The molecule has 2 atom stereocenters. The zero-order chi connectivity index (χ0) is 15.5. The van der Waals surface area contributed by atoms with E-state index in [0.717, 1.165) is 5.69 Å². The van der Waals surface area contributed by atoms with Crippen LogP contribution in [-0.4, -0.2) is 27.5 Å². The minimum absolute atomic E-state index is 0.00345. The van der Waals surface area contributed by atoms with Crippen molar-refractivity contribution in [3.63, 3.8) is 0 Å². The normalized spacial score (nSPS) is 15.2. The van der Waals surface area contributed by atoms with E-state index in [1.807, 2.05) is 38.5 Å². The van der Waals surface area contributed by atoms with Crippen LogP contribution >= 0.6 is 0 Å². The summed E-state index contributed by atoms with van der Waals surface area (Å²) in [6.45, 7) is 12.6. The van der Waals surface area contributed by atoms with Crippen molar-refractivity contribution >= 4 is 5.91 Å². The van der Waals surface area contributed by atoms with E-state index < -0.39 is 0 Å². The molecule has 1 amide bonds. The molecule has 5 heteroatoms. The van der Waals surface area contributed by atoms with Gasteiger partial charge in [-0.3, -0.25) is 4.79 Å². The van der Waals surface area contributed by atoms with Crippen molar-refractivity contribution < 1.29 is 4.79 Å². The van der Waals surface area contributed by atoms with Crippen LogP contribution in [0.3, 0.4) is 0 Å². The highest BCUT2D eigenvalue weighted by atomic mass is 16.2. The third-order valence-corrected chi connectivity index (χ3v) is 3.43. The molecule has 0 aromatic carbocycles. The summed E-state index contributed by atoms with van der Waals surface area (Å²) < 4.78 is 1.93. The second-order valence-electron chi connectivity index (χ2n) is 6.73. The Morgan fingerprint density at radius 3 is 2.45 bits per heavy atom. The van der Waals surface area contributed by atoms with Crippen molar-refractivity contribution in [2.24, 2.45) is 11.7 Å². The maximum Gasteiger partial charge on any atom is 0.243 e. The summed E-state index contributed by atoms with van der Waals surface area (Å²) >= 11 is 0. The highest BCUT2D eigenvalue weighted by Crippen LogP contribution is 2.25. The molecule has 0 saturated carbocycles. The largest absolute Gasteiger partial charge is 0.350 e. The van der Waals surface area contributed by atoms with E-state index in [4.69, 9.17) is 5.73 Å². The molecule has 2 unspecified atom stereocenters. The number of imidazole rings is 1. The molecule has 5 nitrogen and oxygen atoms in total. The maximum absolute atomic E-state index is 12.3. The molecular weight excluding hydrogens is 252 g/mol. The van der Waals surface area contributed by atoms with Crippen LogP contribution in [0.2, 0.25) is 0 Å². The number of aromatic nitrogens is 2. The van der Waals surface area contributed by atoms with Crippen LogP contribution in [-0.2, 0) is 4.79 Å². The fraction of sp³-hybridized carbons (Fsp3) is 0.733. The van der Waals surface area contributed by atoms with E-state index in [1.165, 1.54) is 0 Å². The van der Waals surface area contributed by atoms with Gasteiger partial charge in [-0.15, -0.1) is 0 Å².